The lowest BCUT2D eigenvalue weighted by atomic mass is 9.92. The molecule has 23 heavy (non-hydrogen) atoms. The van der Waals surface area contributed by atoms with Crippen LogP contribution < -0.4 is 0 Å². The van der Waals surface area contributed by atoms with E-state index in [1.807, 2.05) is 0 Å². The largest absolute Gasteiger partial charge is 0.0840 e. The summed E-state index contributed by atoms with van der Waals surface area (Å²) >= 11 is 0. The first-order valence-electron chi connectivity index (χ1n) is 8.82. The van der Waals surface area contributed by atoms with Gasteiger partial charge in [0.25, 0.3) is 0 Å². The molecule has 0 nitrogen and oxygen atoms in total. The van der Waals surface area contributed by atoms with Gasteiger partial charge < -0.3 is 0 Å². The fourth-order valence-corrected chi connectivity index (χ4v) is 6.54. The van der Waals surface area contributed by atoms with Crippen molar-refractivity contribution < 1.29 is 0 Å². The second-order valence-corrected chi connectivity index (χ2v) is 10.5. The maximum atomic E-state index is 2.48. The fraction of sp³-hybridized carbons (Fsp3) is 0.364. The van der Waals surface area contributed by atoms with Gasteiger partial charge in [-0.25, -0.2) is 0 Å². The van der Waals surface area contributed by atoms with E-state index in [0.29, 0.717) is 11.0 Å². The number of hydrogen-bond donors (Lipinski definition) is 0. The summed E-state index contributed by atoms with van der Waals surface area (Å²) in [6, 6.07) is 9.05. The minimum Gasteiger partial charge on any atom is -0.0840 e. The molecule has 0 bridgehead atoms. The molecular weight excluding hydrogens is 292 g/mol. The average molecular weight is 321 g/mol. The number of hydrogen-bond acceptors (Lipinski definition) is 0. The van der Waals surface area contributed by atoms with E-state index in [2.05, 4.69) is 82.3 Å². The first-order chi connectivity index (χ1) is 11.0. The lowest BCUT2D eigenvalue weighted by molar-refractivity contribution is 0.749. The first kappa shape index (κ1) is 16.3. The molecule has 2 aliphatic carbocycles. The molecule has 0 saturated heterocycles. The topological polar surface area (TPSA) is 0 Å². The Labute approximate surface area is 143 Å². The summed E-state index contributed by atoms with van der Waals surface area (Å²) in [6.07, 6.45) is 14.1. The highest BCUT2D eigenvalue weighted by Crippen LogP contribution is 2.43. The minimum atomic E-state index is -0.300. The van der Waals surface area contributed by atoms with E-state index in [1.165, 1.54) is 29.5 Å². The molecule has 0 N–H and O–H groups in total. The summed E-state index contributed by atoms with van der Waals surface area (Å²) in [5.74, 6) is 0.610. The zero-order valence-electron chi connectivity index (χ0n) is 14.9. The van der Waals surface area contributed by atoms with Crippen LogP contribution in [0.1, 0.15) is 44.7 Å². The minimum absolute atomic E-state index is 0.300. The van der Waals surface area contributed by atoms with Crippen LogP contribution in [0.3, 0.4) is 0 Å². The van der Waals surface area contributed by atoms with Gasteiger partial charge in [-0.15, -0.1) is 0 Å². The molecule has 0 heterocycles. The Hall–Kier alpha value is -1.60. The van der Waals surface area contributed by atoms with E-state index < -0.39 is 0 Å². The normalized spacial score (nSPS) is 24.3. The summed E-state index contributed by atoms with van der Waals surface area (Å²) < 4.78 is 0. The van der Waals surface area contributed by atoms with Crippen molar-refractivity contribution in [2.24, 2.45) is 5.92 Å². The van der Waals surface area contributed by atoms with Crippen molar-refractivity contribution in [3.8, 4) is 0 Å². The smallest absolute Gasteiger partial charge is 0.0612 e. The third-order valence-electron chi connectivity index (χ3n) is 5.11. The summed E-state index contributed by atoms with van der Waals surface area (Å²) in [5, 5.41) is 2.19. The zero-order valence-corrected chi connectivity index (χ0v) is 16.3. The van der Waals surface area contributed by atoms with E-state index in [4.69, 9.17) is 0 Å². The average Bonchev–Trinajstić information content (AvgIpc) is 2.92. The third-order valence-corrected chi connectivity index (χ3v) is 7.54. The Balaban J connectivity index is 1.91. The summed E-state index contributed by atoms with van der Waals surface area (Å²) in [6.45, 7) is 9.33. The number of rotatable bonds is 4. The first-order valence-corrected chi connectivity index (χ1v) is 10.2. The van der Waals surface area contributed by atoms with E-state index in [1.54, 1.807) is 10.8 Å². The van der Waals surface area contributed by atoms with Crippen molar-refractivity contribution in [2.75, 3.05) is 0 Å². The van der Waals surface area contributed by atoms with Crippen molar-refractivity contribution in [2.45, 2.75) is 45.6 Å². The Morgan fingerprint density at radius 2 is 1.83 bits per heavy atom. The van der Waals surface area contributed by atoms with E-state index in [0.717, 1.165) is 0 Å². The van der Waals surface area contributed by atoms with Crippen molar-refractivity contribution in [3.63, 3.8) is 0 Å². The third kappa shape index (κ3) is 3.50. The molecule has 0 saturated carbocycles. The number of allylic oxidation sites excluding steroid dienone is 8. The van der Waals surface area contributed by atoms with Gasteiger partial charge in [-0.1, -0.05) is 86.2 Å². The quantitative estimate of drug-likeness (QED) is 0.637. The maximum Gasteiger partial charge on any atom is 0.0612 e. The standard InChI is InChI=1S/C22H28Si/c1-16(2)21-19(18-10-8-17(3)9-11-18)12-13-20(21)23-22(4)14-6-5-7-15-22/h5-12,14,16H,13,15,23H2,1-4H3. The highest BCUT2D eigenvalue weighted by atomic mass is 28.2. The molecule has 0 spiro atoms. The molecule has 0 radical (unpaired) electrons. The number of aryl methyl sites for hydroxylation is 1. The van der Waals surface area contributed by atoms with Crippen molar-refractivity contribution in [1.82, 2.24) is 0 Å². The molecule has 120 valence electrons. The Kier molecular flexibility index (Phi) is 4.59. The lowest BCUT2D eigenvalue weighted by Crippen LogP contribution is -2.18. The molecule has 1 heteroatoms. The van der Waals surface area contributed by atoms with Crippen LogP contribution in [0, 0.1) is 12.8 Å². The predicted molar refractivity (Wildman–Crippen MR) is 105 cm³/mol. The maximum absolute atomic E-state index is 2.48. The van der Waals surface area contributed by atoms with Gasteiger partial charge >= 0.3 is 0 Å². The van der Waals surface area contributed by atoms with Crippen LogP contribution in [0.5, 0.6) is 0 Å². The van der Waals surface area contributed by atoms with Crippen LogP contribution in [0.2, 0.25) is 5.04 Å². The number of benzene rings is 1. The monoisotopic (exact) mass is 320 g/mol. The molecule has 1 unspecified atom stereocenters. The second-order valence-electron chi connectivity index (χ2n) is 7.68. The van der Waals surface area contributed by atoms with Gasteiger partial charge in [0.15, 0.2) is 0 Å². The van der Waals surface area contributed by atoms with Gasteiger partial charge in [0.05, 0.1) is 9.52 Å². The highest BCUT2D eigenvalue weighted by molar-refractivity contribution is 6.51. The van der Waals surface area contributed by atoms with E-state index in [-0.39, 0.29) is 9.52 Å². The molecule has 3 rings (SSSR count). The molecule has 1 aromatic carbocycles. The van der Waals surface area contributed by atoms with Gasteiger partial charge in [0.2, 0.25) is 0 Å². The van der Waals surface area contributed by atoms with Gasteiger partial charge in [-0.3, -0.25) is 0 Å². The van der Waals surface area contributed by atoms with Crippen LogP contribution >= 0.6 is 0 Å². The summed E-state index contributed by atoms with van der Waals surface area (Å²) in [4.78, 5) is 0. The van der Waals surface area contributed by atoms with Crippen molar-refractivity contribution in [3.05, 3.63) is 76.5 Å². The van der Waals surface area contributed by atoms with Gasteiger partial charge in [0, 0.05) is 0 Å². The summed E-state index contributed by atoms with van der Waals surface area (Å²) in [5.41, 5.74) is 5.88. The van der Waals surface area contributed by atoms with Crippen LogP contribution in [0.25, 0.3) is 5.57 Å². The highest BCUT2D eigenvalue weighted by Gasteiger charge is 2.28. The van der Waals surface area contributed by atoms with Crippen LogP contribution in [0.4, 0.5) is 0 Å². The molecule has 2 aliphatic rings. The Morgan fingerprint density at radius 1 is 1.09 bits per heavy atom. The zero-order chi connectivity index (χ0) is 16.4. The second kappa shape index (κ2) is 6.49. The van der Waals surface area contributed by atoms with Gasteiger partial charge in [0.1, 0.15) is 0 Å². The fourth-order valence-electron chi connectivity index (χ4n) is 3.92. The predicted octanol–water partition coefficient (Wildman–Crippen LogP) is 5.56. The molecule has 1 atom stereocenters. The van der Waals surface area contributed by atoms with Gasteiger partial charge in [-0.2, -0.15) is 0 Å². The molecule has 1 aromatic rings. The molecule has 0 fully saturated rings. The molecule has 0 amide bonds. The van der Waals surface area contributed by atoms with E-state index >= 15 is 0 Å². The van der Waals surface area contributed by atoms with Gasteiger partial charge in [-0.05, 0) is 47.4 Å². The van der Waals surface area contributed by atoms with Crippen LogP contribution in [-0.2, 0) is 0 Å². The van der Waals surface area contributed by atoms with Crippen LogP contribution in [-0.4, -0.2) is 9.52 Å². The molecule has 0 aliphatic heterocycles. The molecule has 0 aromatic heterocycles. The SMILES string of the molecule is Cc1ccc(C2=CCC([SiH2]C3(C)C=CC=CC3)=C2C(C)C)cc1. The van der Waals surface area contributed by atoms with Crippen molar-refractivity contribution >= 4 is 15.1 Å². The lowest BCUT2D eigenvalue weighted by Gasteiger charge is -2.28. The van der Waals surface area contributed by atoms with E-state index in [9.17, 15) is 0 Å². The molecular formula is C22H28Si. The van der Waals surface area contributed by atoms with Crippen LogP contribution in [0.15, 0.2) is 65.4 Å². The Morgan fingerprint density at radius 3 is 2.43 bits per heavy atom. The summed E-state index contributed by atoms with van der Waals surface area (Å²) in [7, 11) is -0.300. The van der Waals surface area contributed by atoms with Crippen molar-refractivity contribution in [1.29, 1.82) is 0 Å². The Bertz CT molecular complexity index is 698.